The van der Waals surface area contributed by atoms with Crippen molar-refractivity contribution in [3.63, 3.8) is 0 Å². The first-order valence-electron chi connectivity index (χ1n) is 5.38. The zero-order chi connectivity index (χ0) is 13.1. The van der Waals surface area contributed by atoms with E-state index in [1.807, 2.05) is 6.92 Å². The van der Waals surface area contributed by atoms with E-state index in [9.17, 15) is 9.18 Å². The minimum Gasteiger partial charge on any atom is -0.368 e. The minimum atomic E-state index is -0.806. The lowest BCUT2D eigenvalue weighted by Crippen LogP contribution is -2.52. The number of nitrogens with one attached hydrogen (secondary N) is 1. The van der Waals surface area contributed by atoms with E-state index < -0.39 is 11.4 Å². The van der Waals surface area contributed by atoms with Crippen LogP contribution in [0.15, 0.2) is 22.7 Å². The molecule has 17 heavy (non-hydrogen) atoms. The number of hydrogen-bond acceptors (Lipinski definition) is 2. The Morgan fingerprint density at radius 2 is 2.24 bits per heavy atom. The van der Waals surface area contributed by atoms with Gasteiger partial charge in [0.1, 0.15) is 5.82 Å². The summed E-state index contributed by atoms with van der Waals surface area (Å²) in [6.07, 6.45) is 0.556. The van der Waals surface area contributed by atoms with Crippen molar-refractivity contribution in [3.8, 4) is 0 Å². The van der Waals surface area contributed by atoms with Gasteiger partial charge in [0.25, 0.3) is 0 Å². The van der Waals surface area contributed by atoms with Crippen LogP contribution >= 0.6 is 15.9 Å². The van der Waals surface area contributed by atoms with Crippen LogP contribution in [0, 0.1) is 5.82 Å². The van der Waals surface area contributed by atoms with Crippen molar-refractivity contribution >= 4 is 21.8 Å². The molecule has 1 unspecified atom stereocenters. The van der Waals surface area contributed by atoms with E-state index in [2.05, 4.69) is 21.2 Å². The van der Waals surface area contributed by atoms with Crippen LogP contribution < -0.4 is 11.1 Å². The van der Waals surface area contributed by atoms with Crippen LogP contribution in [-0.2, 0) is 11.3 Å². The molecule has 0 heterocycles. The Morgan fingerprint density at radius 3 is 2.71 bits per heavy atom. The molecule has 1 aromatic carbocycles. The number of rotatable bonds is 5. The fourth-order valence-corrected chi connectivity index (χ4v) is 1.67. The summed E-state index contributed by atoms with van der Waals surface area (Å²) < 4.78 is 14.2. The first kappa shape index (κ1) is 14.1. The van der Waals surface area contributed by atoms with Crippen LogP contribution in [0.3, 0.4) is 0 Å². The molecule has 0 bridgehead atoms. The van der Waals surface area contributed by atoms with Crippen molar-refractivity contribution in [2.45, 2.75) is 32.4 Å². The molecule has 5 heteroatoms. The van der Waals surface area contributed by atoms with Gasteiger partial charge >= 0.3 is 0 Å². The fourth-order valence-electron chi connectivity index (χ4n) is 1.34. The van der Waals surface area contributed by atoms with Crippen molar-refractivity contribution in [2.75, 3.05) is 0 Å². The van der Waals surface area contributed by atoms with Gasteiger partial charge in [0.15, 0.2) is 0 Å². The lowest BCUT2D eigenvalue weighted by molar-refractivity contribution is -0.124. The number of amides is 1. The highest BCUT2D eigenvalue weighted by Gasteiger charge is 2.28. The van der Waals surface area contributed by atoms with Crippen molar-refractivity contribution in [3.05, 3.63) is 34.1 Å². The predicted octanol–water partition coefficient (Wildman–Crippen LogP) is 2.33. The molecule has 0 aliphatic heterocycles. The zero-order valence-corrected chi connectivity index (χ0v) is 11.5. The molecular formula is C12H16BrFN2O. The van der Waals surface area contributed by atoms with E-state index in [1.165, 1.54) is 6.07 Å². The number of carbonyl (C=O) groups excluding carboxylic acids is 1. The second-order valence-corrected chi connectivity index (χ2v) is 5.05. The summed E-state index contributed by atoms with van der Waals surface area (Å²) in [6, 6.07) is 4.82. The van der Waals surface area contributed by atoms with Crippen LogP contribution in [0.25, 0.3) is 0 Å². The molecule has 0 aromatic heterocycles. The summed E-state index contributed by atoms with van der Waals surface area (Å²) in [6.45, 7) is 3.84. The number of primary amides is 1. The number of benzene rings is 1. The van der Waals surface area contributed by atoms with Gasteiger partial charge in [0.05, 0.1) is 5.54 Å². The molecule has 0 aliphatic rings. The van der Waals surface area contributed by atoms with E-state index in [0.717, 1.165) is 0 Å². The highest BCUT2D eigenvalue weighted by atomic mass is 79.9. The first-order valence-corrected chi connectivity index (χ1v) is 6.17. The maximum Gasteiger partial charge on any atom is 0.237 e. The summed E-state index contributed by atoms with van der Waals surface area (Å²) >= 11 is 3.19. The molecular weight excluding hydrogens is 287 g/mol. The molecule has 0 radical (unpaired) electrons. The van der Waals surface area contributed by atoms with Gasteiger partial charge in [0, 0.05) is 16.6 Å². The normalized spacial score (nSPS) is 14.4. The Kier molecular flexibility index (Phi) is 4.65. The molecule has 94 valence electrons. The molecule has 3 nitrogen and oxygen atoms in total. The van der Waals surface area contributed by atoms with Crippen molar-refractivity contribution in [1.82, 2.24) is 5.32 Å². The Bertz CT molecular complexity index is 425. The Hall–Kier alpha value is -0.940. The zero-order valence-electron chi connectivity index (χ0n) is 9.89. The lowest BCUT2D eigenvalue weighted by atomic mass is 9.97. The van der Waals surface area contributed by atoms with Crippen LogP contribution in [0.2, 0.25) is 0 Å². The number of halogens is 2. The molecule has 0 saturated heterocycles. The van der Waals surface area contributed by atoms with Gasteiger partial charge in [0.2, 0.25) is 5.91 Å². The number of hydrogen-bond donors (Lipinski definition) is 2. The SMILES string of the molecule is CCC(C)(NCc1ccc(Br)cc1F)C(N)=O. The third kappa shape index (κ3) is 3.51. The highest BCUT2D eigenvalue weighted by molar-refractivity contribution is 9.10. The second kappa shape index (κ2) is 5.60. The minimum absolute atomic E-state index is 0.270. The van der Waals surface area contributed by atoms with E-state index in [0.29, 0.717) is 16.5 Å². The van der Waals surface area contributed by atoms with E-state index >= 15 is 0 Å². The van der Waals surface area contributed by atoms with Crippen molar-refractivity contribution in [2.24, 2.45) is 5.73 Å². The van der Waals surface area contributed by atoms with E-state index in [1.54, 1.807) is 19.1 Å². The Balaban J connectivity index is 2.76. The molecule has 1 atom stereocenters. The van der Waals surface area contributed by atoms with Gasteiger partial charge in [-0.05, 0) is 25.5 Å². The molecule has 3 N–H and O–H groups in total. The van der Waals surface area contributed by atoms with Crippen LogP contribution in [0.5, 0.6) is 0 Å². The Morgan fingerprint density at radius 1 is 1.59 bits per heavy atom. The topological polar surface area (TPSA) is 55.1 Å². The number of nitrogens with two attached hydrogens (primary N) is 1. The molecule has 0 saturated carbocycles. The van der Waals surface area contributed by atoms with Gasteiger partial charge in [-0.2, -0.15) is 0 Å². The van der Waals surface area contributed by atoms with E-state index in [4.69, 9.17) is 5.73 Å². The molecule has 1 aromatic rings. The molecule has 0 spiro atoms. The van der Waals surface area contributed by atoms with E-state index in [-0.39, 0.29) is 12.4 Å². The van der Waals surface area contributed by atoms with Crippen LogP contribution in [-0.4, -0.2) is 11.4 Å². The molecule has 1 rings (SSSR count). The average Bonchev–Trinajstić information content (AvgIpc) is 2.27. The first-order chi connectivity index (χ1) is 7.89. The van der Waals surface area contributed by atoms with Crippen molar-refractivity contribution < 1.29 is 9.18 Å². The Labute approximate surface area is 109 Å². The van der Waals surface area contributed by atoms with Crippen LogP contribution in [0.1, 0.15) is 25.8 Å². The smallest absolute Gasteiger partial charge is 0.237 e. The summed E-state index contributed by atoms with van der Waals surface area (Å²) in [5.74, 6) is -0.743. The third-order valence-corrected chi connectivity index (χ3v) is 3.43. The van der Waals surface area contributed by atoms with Gasteiger partial charge in [-0.15, -0.1) is 0 Å². The monoisotopic (exact) mass is 302 g/mol. The summed E-state index contributed by atoms with van der Waals surface area (Å²) in [5.41, 5.74) is 5.01. The molecule has 1 amide bonds. The van der Waals surface area contributed by atoms with Crippen molar-refractivity contribution in [1.29, 1.82) is 0 Å². The summed E-state index contributed by atoms with van der Waals surface area (Å²) in [7, 11) is 0. The van der Waals surface area contributed by atoms with Crippen LogP contribution in [0.4, 0.5) is 4.39 Å². The van der Waals surface area contributed by atoms with Gasteiger partial charge in [-0.3, -0.25) is 10.1 Å². The molecule has 0 aliphatic carbocycles. The lowest BCUT2D eigenvalue weighted by Gasteiger charge is -2.26. The van der Waals surface area contributed by atoms with Gasteiger partial charge < -0.3 is 5.73 Å². The fraction of sp³-hybridized carbons (Fsp3) is 0.417. The summed E-state index contributed by atoms with van der Waals surface area (Å²) in [4.78, 5) is 11.3. The maximum atomic E-state index is 13.5. The maximum absolute atomic E-state index is 13.5. The largest absolute Gasteiger partial charge is 0.368 e. The van der Waals surface area contributed by atoms with Gasteiger partial charge in [-0.1, -0.05) is 28.9 Å². The number of carbonyl (C=O) groups is 1. The summed E-state index contributed by atoms with van der Waals surface area (Å²) in [5, 5.41) is 2.99. The average molecular weight is 303 g/mol. The molecule has 0 fully saturated rings. The second-order valence-electron chi connectivity index (χ2n) is 4.14. The highest BCUT2D eigenvalue weighted by Crippen LogP contribution is 2.16. The quantitative estimate of drug-likeness (QED) is 0.877. The standard InChI is InChI=1S/C12H16BrFN2O/c1-3-12(2,11(15)17)16-7-8-4-5-9(13)6-10(8)14/h4-6,16H,3,7H2,1-2H3,(H2,15,17). The third-order valence-electron chi connectivity index (χ3n) is 2.94. The van der Waals surface area contributed by atoms with Gasteiger partial charge in [-0.25, -0.2) is 4.39 Å². The predicted molar refractivity (Wildman–Crippen MR) is 68.8 cm³/mol.